The molecule has 4 aliphatic rings. The highest BCUT2D eigenvalue weighted by Crippen LogP contribution is 2.60. The minimum atomic E-state index is -0.213. The van der Waals surface area contributed by atoms with Crippen LogP contribution in [0.1, 0.15) is 25.4 Å². The Morgan fingerprint density at radius 1 is 1.00 bits per heavy atom. The van der Waals surface area contributed by atoms with Crippen molar-refractivity contribution in [3.8, 4) is 5.69 Å². The summed E-state index contributed by atoms with van der Waals surface area (Å²) < 4.78 is 4.68. The maximum absolute atomic E-state index is 12.8. The van der Waals surface area contributed by atoms with Crippen molar-refractivity contribution in [2.75, 3.05) is 0 Å². The summed E-state index contributed by atoms with van der Waals surface area (Å²) in [6.07, 6.45) is 3.30. The molecule has 4 atom stereocenters. The van der Waals surface area contributed by atoms with Crippen LogP contribution >= 0.6 is 0 Å². The van der Waals surface area contributed by atoms with Crippen LogP contribution in [0.2, 0.25) is 0 Å². The van der Waals surface area contributed by atoms with Gasteiger partial charge in [0.25, 0.3) is 0 Å². The molecule has 1 fully saturated rings. The Labute approximate surface area is 120 Å². The standard InChI is InChI=1S/C16H15N3O2/c1-9-7-13-11-8-12(11)14(9)19-16(21)17(15(20)18(13)19)10-5-3-2-4-6-10/h2-7,11-14H,8H2,1H3/t11-,12+,13-,14-/m0/s1. The van der Waals surface area contributed by atoms with Crippen LogP contribution in [0, 0.1) is 11.8 Å². The highest BCUT2D eigenvalue weighted by Gasteiger charge is 2.57. The zero-order chi connectivity index (χ0) is 14.3. The van der Waals surface area contributed by atoms with Gasteiger partial charge in [-0.3, -0.25) is 0 Å². The third-order valence-electron chi connectivity index (χ3n) is 5.20. The minimum absolute atomic E-state index is 0.0603. The lowest BCUT2D eigenvalue weighted by atomic mass is 9.90. The predicted octanol–water partition coefficient (Wildman–Crippen LogP) is 1.49. The lowest BCUT2D eigenvalue weighted by Crippen LogP contribution is -2.42. The zero-order valence-electron chi connectivity index (χ0n) is 11.6. The van der Waals surface area contributed by atoms with E-state index in [0.29, 0.717) is 17.5 Å². The maximum atomic E-state index is 12.8. The van der Waals surface area contributed by atoms with Crippen LogP contribution in [0.5, 0.6) is 0 Å². The highest BCUT2D eigenvalue weighted by molar-refractivity contribution is 5.33. The molecule has 6 rings (SSSR count). The number of nitrogens with zero attached hydrogens (tertiary/aromatic N) is 3. The molecule has 106 valence electrons. The van der Waals surface area contributed by atoms with E-state index in [9.17, 15) is 9.59 Å². The van der Waals surface area contributed by atoms with Crippen molar-refractivity contribution >= 4 is 0 Å². The molecule has 2 aromatic rings. The number of aromatic nitrogens is 3. The maximum Gasteiger partial charge on any atom is 0.352 e. The van der Waals surface area contributed by atoms with E-state index >= 15 is 0 Å². The minimum Gasteiger partial charge on any atom is -0.245 e. The molecular formula is C16H15N3O2. The number of para-hydroxylation sites is 1. The normalized spacial score (nSPS) is 31.6. The fraction of sp³-hybridized carbons (Fsp3) is 0.375. The topological polar surface area (TPSA) is 48.9 Å². The number of allylic oxidation sites excluding steroid dienone is 2. The Morgan fingerprint density at radius 3 is 2.48 bits per heavy atom. The number of benzene rings is 1. The summed E-state index contributed by atoms with van der Waals surface area (Å²) in [5.41, 5.74) is 1.45. The van der Waals surface area contributed by atoms with E-state index in [4.69, 9.17) is 0 Å². The van der Waals surface area contributed by atoms with Gasteiger partial charge in [0.2, 0.25) is 0 Å². The molecule has 5 nitrogen and oxygen atoms in total. The first-order chi connectivity index (χ1) is 10.2. The van der Waals surface area contributed by atoms with Crippen LogP contribution in [0.3, 0.4) is 0 Å². The lowest BCUT2D eigenvalue weighted by Gasteiger charge is -2.35. The van der Waals surface area contributed by atoms with E-state index in [0.717, 1.165) is 6.42 Å². The van der Waals surface area contributed by atoms with Crippen LogP contribution in [0.25, 0.3) is 5.69 Å². The van der Waals surface area contributed by atoms with Gasteiger partial charge in [0, 0.05) is 0 Å². The molecule has 0 spiro atoms. The van der Waals surface area contributed by atoms with Gasteiger partial charge in [-0.2, -0.15) is 0 Å². The first-order valence-electron chi connectivity index (χ1n) is 7.38. The van der Waals surface area contributed by atoms with Gasteiger partial charge in [0.05, 0.1) is 17.8 Å². The van der Waals surface area contributed by atoms with Crippen LogP contribution < -0.4 is 11.4 Å². The molecule has 0 unspecified atom stereocenters. The summed E-state index contributed by atoms with van der Waals surface area (Å²) in [5, 5.41) is 0. The summed E-state index contributed by atoms with van der Waals surface area (Å²) in [5.74, 6) is 1.09. The molecule has 1 aromatic heterocycles. The second-order valence-corrected chi connectivity index (χ2v) is 6.33. The lowest BCUT2D eigenvalue weighted by molar-refractivity contribution is 0.230. The quantitative estimate of drug-likeness (QED) is 0.744. The van der Waals surface area contributed by atoms with Crippen molar-refractivity contribution in [1.82, 2.24) is 13.9 Å². The molecule has 1 aromatic carbocycles. The van der Waals surface area contributed by atoms with Crippen molar-refractivity contribution in [3.63, 3.8) is 0 Å². The molecule has 2 aliphatic carbocycles. The average molecular weight is 281 g/mol. The van der Waals surface area contributed by atoms with Crippen molar-refractivity contribution in [3.05, 3.63) is 62.9 Å². The molecule has 1 saturated carbocycles. The fourth-order valence-corrected chi connectivity index (χ4v) is 4.24. The van der Waals surface area contributed by atoms with Gasteiger partial charge in [0.15, 0.2) is 0 Å². The summed E-state index contributed by atoms with van der Waals surface area (Å²) in [6, 6.07) is 9.31. The van der Waals surface area contributed by atoms with Crippen LogP contribution in [0.4, 0.5) is 0 Å². The third kappa shape index (κ3) is 1.22. The van der Waals surface area contributed by atoms with Gasteiger partial charge >= 0.3 is 11.4 Å². The van der Waals surface area contributed by atoms with Crippen LogP contribution in [0.15, 0.2) is 51.6 Å². The summed E-state index contributed by atoms with van der Waals surface area (Å²) in [6.45, 7) is 2.08. The van der Waals surface area contributed by atoms with Gasteiger partial charge in [-0.1, -0.05) is 29.8 Å². The Balaban J connectivity index is 1.84. The fourth-order valence-electron chi connectivity index (χ4n) is 4.24. The second kappa shape index (κ2) is 3.47. The average Bonchev–Trinajstić information content (AvgIpc) is 3.24. The van der Waals surface area contributed by atoms with Crippen molar-refractivity contribution in [1.29, 1.82) is 0 Å². The SMILES string of the molecule is CC1=C[C@H]2[C@H]3C[C@H]3[C@H]1n1c(=O)n(-c3ccccc3)c(=O)n12. The van der Waals surface area contributed by atoms with Crippen molar-refractivity contribution < 1.29 is 0 Å². The number of hydrogen-bond donors (Lipinski definition) is 0. The number of rotatable bonds is 1. The molecular weight excluding hydrogens is 266 g/mol. The van der Waals surface area contributed by atoms with Crippen LogP contribution in [-0.4, -0.2) is 13.9 Å². The molecule has 0 saturated heterocycles. The third-order valence-corrected chi connectivity index (χ3v) is 5.20. The van der Waals surface area contributed by atoms with E-state index in [1.807, 2.05) is 18.2 Å². The molecule has 2 bridgehead atoms. The van der Waals surface area contributed by atoms with Gasteiger partial charge in [-0.05, 0) is 37.3 Å². The van der Waals surface area contributed by atoms with E-state index in [2.05, 4.69) is 13.0 Å². The second-order valence-electron chi connectivity index (χ2n) is 6.33. The van der Waals surface area contributed by atoms with Crippen molar-refractivity contribution in [2.45, 2.75) is 25.4 Å². The summed E-state index contributed by atoms with van der Waals surface area (Å²) in [4.78, 5) is 25.6. The largest absolute Gasteiger partial charge is 0.352 e. The van der Waals surface area contributed by atoms with E-state index in [1.54, 1.807) is 21.5 Å². The van der Waals surface area contributed by atoms with E-state index in [-0.39, 0.29) is 23.5 Å². The smallest absolute Gasteiger partial charge is 0.245 e. The van der Waals surface area contributed by atoms with E-state index in [1.165, 1.54) is 10.1 Å². The highest BCUT2D eigenvalue weighted by atomic mass is 16.2. The van der Waals surface area contributed by atoms with Gasteiger partial charge in [0.1, 0.15) is 0 Å². The summed E-state index contributed by atoms with van der Waals surface area (Å²) in [7, 11) is 0. The first-order valence-corrected chi connectivity index (χ1v) is 7.38. The number of hydrogen-bond acceptors (Lipinski definition) is 2. The molecule has 0 radical (unpaired) electrons. The first kappa shape index (κ1) is 11.4. The molecule has 2 aliphatic heterocycles. The summed E-state index contributed by atoms with van der Waals surface area (Å²) >= 11 is 0. The van der Waals surface area contributed by atoms with Gasteiger partial charge in [-0.15, -0.1) is 0 Å². The van der Waals surface area contributed by atoms with E-state index < -0.39 is 0 Å². The Kier molecular flexibility index (Phi) is 1.88. The molecule has 5 heteroatoms. The predicted molar refractivity (Wildman–Crippen MR) is 77.7 cm³/mol. The van der Waals surface area contributed by atoms with Gasteiger partial charge in [-0.25, -0.2) is 23.5 Å². The molecule has 0 amide bonds. The van der Waals surface area contributed by atoms with Gasteiger partial charge < -0.3 is 0 Å². The molecule has 3 heterocycles. The Morgan fingerprint density at radius 2 is 1.71 bits per heavy atom. The Bertz CT molecular complexity index is 900. The van der Waals surface area contributed by atoms with Crippen LogP contribution in [-0.2, 0) is 0 Å². The van der Waals surface area contributed by atoms with Crippen molar-refractivity contribution in [2.24, 2.45) is 11.8 Å². The molecule has 0 N–H and O–H groups in total. The molecule has 21 heavy (non-hydrogen) atoms. The zero-order valence-corrected chi connectivity index (χ0v) is 11.6. The monoisotopic (exact) mass is 281 g/mol. The Hall–Kier alpha value is -2.30.